The van der Waals surface area contributed by atoms with Crippen LogP contribution in [0.2, 0.25) is 0 Å². The number of carbonyl (C=O) groups excluding carboxylic acids is 1. The standard InChI is InChI=1S/C14H14N2O2/c1-10(17)16-11-7-8-14(13(15)9-11)18-12-5-3-2-4-6-12/h2-9H,15H2,1H3,(H,16,17). The Balaban J connectivity index is 2.17. The number of hydrogen-bond donors (Lipinski definition) is 2. The first-order valence-corrected chi connectivity index (χ1v) is 5.55. The van der Waals surface area contributed by atoms with Gasteiger partial charge in [0.05, 0.1) is 5.69 Å². The molecule has 2 aromatic carbocycles. The average molecular weight is 242 g/mol. The number of nitrogens with one attached hydrogen (secondary N) is 1. The van der Waals surface area contributed by atoms with Crippen LogP contribution in [0.25, 0.3) is 0 Å². The Bertz CT molecular complexity index is 553. The molecule has 2 aromatic rings. The maximum absolute atomic E-state index is 10.9. The van der Waals surface area contributed by atoms with Gasteiger partial charge in [0.2, 0.25) is 5.91 Å². The number of para-hydroxylation sites is 1. The van der Waals surface area contributed by atoms with Crippen LogP contribution in [0.1, 0.15) is 6.92 Å². The van der Waals surface area contributed by atoms with Crippen LogP contribution in [0, 0.1) is 0 Å². The fraction of sp³-hybridized carbons (Fsp3) is 0.0714. The van der Waals surface area contributed by atoms with E-state index >= 15 is 0 Å². The number of amides is 1. The van der Waals surface area contributed by atoms with E-state index in [-0.39, 0.29) is 5.91 Å². The van der Waals surface area contributed by atoms with Gasteiger partial charge in [-0.2, -0.15) is 0 Å². The van der Waals surface area contributed by atoms with Crippen LogP contribution in [0.4, 0.5) is 11.4 Å². The van der Waals surface area contributed by atoms with Crippen molar-refractivity contribution in [3.8, 4) is 11.5 Å². The molecular weight excluding hydrogens is 228 g/mol. The number of anilines is 2. The zero-order valence-electron chi connectivity index (χ0n) is 10.0. The van der Waals surface area contributed by atoms with Crippen molar-refractivity contribution in [2.24, 2.45) is 0 Å². The second kappa shape index (κ2) is 5.23. The van der Waals surface area contributed by atoms with E-state index in [1.165, 1.54) is 6.92 Å². The zero-order valence-corrected chi connectivity index (χ0v) is 10.0. The van der Waals surface area contributed by atoms with Gasteiger partial charge < -0.3 is 15.8 Å². The molecule has 3 N–H and O–H groups in total. The molecule has 0 unspecified atom stereocenters. The molecule has 4 nitrogen and oxygen atoms in total. The maximum atomic E-state index is 10.9. The number of carbonyl (C=O) groups is 1. The lowest BCUT2D eigenvalue weighted by Gasteiger charge is -2.10. The average Bonchev–Trinajstić information content (AvgIpc) is 2.33. The van der Waals surface area contributed by atoms with E-state index in [1.54, 1.807) is 18.2 Å². The van der Waals surface area contributed by atoms with Gasteiger partial charge in [0.25, 0.3) is 0 Å². The number of nitrogen functional groups attached to an aromatic ring is 1. The summed E-state index contributed by atoms with van der Waals surface area (Å²) in [7, 11) is 0. The number of rotatable bonds is 3. The van der Waals surface area contributed by atoms with Gasteiger partial charge in [0.1, 0.15) is 11.5 Å². The van der Waals surface area contributed by atoms with Gasteiger partial charge in [-0.3, -0.25) is 4.79 Å². The first-order chi connectivity index (χ1) is 8.65. The number of nitrogens with two attached hydrogens (primary N) is 1. The highest BCUT2D eigenvalue weighted by Crippen LogP contribution is 2.29. The molecule has 0 saturated heterocycles. The zero-order chi connectivity index (χ0) is 13.0. The monoisotopic (exact) mass is 242 g/mol. The molecule has 4 heteroatoms. The molecular formula is C14H14N2O2. The van der Waals surface area contributed by atoms with E-state index < -0.39 is 0 Å². The lowest BCUT2D eigenvalue weighted by Crippen LogP contribution is -2.06. The largest absolute Gasteiger partial charge is 0.455 e. The van der Waals surface area contributed by atoms with E-state index in [2.05, 4.69) is 5.32 Å². The normalized spacial score (nSPS) is 9.83. The Hall–Kier alpha value is -2.49. The van der Waals surface area contributed by atoms with Crippen LogP contribution in [0.3, 0.4) is 0 Å². The highest BCUT2D eigenvalue weighted by atomic mass is 16.5. The van der Waals surface area contributed by atoms with E-state index in [9.17, 15) is 4.79 Å². The van der Waals surface area contributed by atoms with Crippen LogP contribution >= 0.6 is 0 Å². The Morgan fingerprint density at radius 3 is 2.50 bits per heavy atom. The Labute approximate surface area is 105 Å². The SMILES string of the molecule is CC(=O)Nc1ccc(Oc2ccccc2)c(N)c1. The van der Waals surface area contributed by atoms with Gasteiger partial charge in [0, 0.05) is 12.6 Å². The second-order valence-corrected chi connectivity index (χ2v) is 3.85. The third kappa shape index (κ3) is 3.01. The molecule has 0 spiro atoms. The van der Waals surface area contributed by atoms with Gasteiger partial charge in [0.15, 0.2) is 0 Å². The van der Waals surface area contributed by atoms with E-state index in [0.29, 0.717) is 17.1 Å². The molecule has 18 heavy (non-hydrogen) atoms. The molecule has 92 valence electrons. The molecule has 0 heterocycles. The van der Waals surface area contributed by atoms with Crippen molar-refractivity contribution < 1.29 is 9.53 Å². The summed E-state index contributed by atoms with van der Waals surface area (Å²) in [4.78, 5) is 10.9. The molecule has 0 saturated carbocycles. The fourth-order valence-electron chi connectivity index (χ4n) is 1.54. The van der Waals surface area contributed by atoms with Gasteiger partial charge in [-0.05, 0) is 30.3 Å². The molecule has 0 radical (unpaired) electrons. The van der Waals surface area contributed by atoms with Gasteiger partial charge in [-0.15, -0.1) is 0 Å². The van der Waals surface area contributed by atoms with E-state index in [0.717, 1.165) is 5.75 Å². The molecule has 0 aliphatic rings. The summed E-state index contributed by atoms with van der Waals surface area (Å²) in [5, 5.41) is 2.66. The lowest BCUT2D eigenvalue weighted by atomic mass is 10.2. The Morgan fingerprint density at radius 2 is 1.89 bits per heavy atom. The minimum absolute atomic E-state index is 0.133. The molecule has 0 aliphatic heterocycles. The van der Waals surface area contributed by atoms with Gasteiger partial charge in [-0.1, -0.05) is 18.2 Å². The Kier molecular flexibility index (Phi) is 3.48. The number of benzene rings is 2. The first kappa shape index (κ1) is 12.0. The molecule has 0 aliphatic carbocycles. The molecule has 0 atom stereocenters. The molecule has 0 aromatic heterocycles. The predicted octanol–water partition coefficient (Wildman–Crippen LogP) is 3.02. The van der Waals surface area contributed by atoms with Crippen LogP contribution in [0.15, 0.2) is 48.5 Å². The van der Waals surface area contributed by atoms with Crippen molar-refractivity contribution in [1.29, 1.82) is 0 Å². The van der Waals surface area contributed by atoms with Gasteiger partial charge in [-0.25, -0.2) is 0 Å². The van der Waals surface area contributed by atoms with Crippen molar-refractivity contribution >= 4 is 17.3 Å². The van der Waals surface area contributed by atoms with E-state index in [1.807, 2.05) is 30.3 Å². The van der Waals surface area contributed by atoms with Crippen LogP contribution < -0.4 is 15.8 Å². The minimum atomic E-state index is -0.133. The number of ether oxygens (including phenoxy) is 1. The van der Waals surface area contributed by atoms with Gasteiger partial charge >= 0.3 is 0 Å². The summed E-state index contributed by atoms with van der Waals surface area (Å²) in [6, 6.07) is 14.5. The van der Waals surface area contributed by atoms with Crippen LogP contribution in [-0.2, 0) is 4.79 Å². The fourth-order valence-corrected chi connectivity index (χ4v) is 1.54. The summed E-state index contributed by atoms with van der Waals surface area (Å²) >= 11 is 0. The smallest absolute Gasteiger partial charge is 0.221 e. The third-order valence-corrected chi connectivity index (χ3v) is 2.30. The molecule has 0 fully saturated rings. The quantitative estimate of drug-likeness (QED) is 0.813. The minimum Gasteiger partial charge on any atom is -0.455 e. The third-order valence-electron chi connectivity index (χ3n) is 2.30. The summed E-state index contributed by atoms with van der Waals surface area (Å²) < 4.78 is 5.63. The predicted molar refractivity (Wildman–Crippen MR) is 71.7 cm³/mol. The summed E-state index contributed by atoms with van der Waals surface area (Å²) in [6.45, 7) is 1.45. The van der Waals surface area contributed by atoms with Crippen molar-refractivity contribution in [1.82, 2.24) is 0 Å². The van der Waals surface area contributed by atoms with E-state index in [4.69, 9.17) is 10.5 Å². The molecule has 0 bridgehead atoms. The first-order valence-electron chi connectivity index (χ1n) is 5.55. The van der Waals surface area contributed by atoms with Crippen molar-refractivity contribution in [3.63, 3.8) is 0 Å². The highest BCUT2D eigenvalue weighted by Gasteiger charge is 2.04. The van der Waals surface area contributed by atoms with Crippen molar-refractivity contribution in [2.45, 2.75) is 6.92 Å². The van der Waals surface area contributed by atoms with Crippen LogP contribution in [0.5, 0.6) is 11.5 Å². The van der Waals surface area contributed by atoms with Crippen molar-refractivity contribution in [3.05, 3.63) is 48.5 Å². The lowest BCUT2D eigenvalue weighted by molar-refractivity contribution is -0.114. The second-order valence-electron chi connectivity index (χ2n) is 3.85. The van der Waals surface area contributed by atoms with Crippen LogP contribution in [-0.4, -0.2) is 5.91 Å². The van der Waals surface area contributed by atoms with Crippen molar-refractivity contribution in [2.75, 3.05) is 11.1 Å². The highest BCUT2D eigenvalue weighted by molar-refractivity contribution is 5.89. The Morgan fingerprint density at radius 1 is 1.17 bits per heavy atom. The summed E-state index contributed by atoms with van der Waals surface area (Å²) in [5.74, 6) is 1.15. The maximum Gasteiger partial charge on any atom is 0.221 e. The number of hydrogen-bond acceptors (Lipinski definition) is 3. The summed E-state index contributed by atoms with van der Waals surface area (Å²) in [5.41, 5.74) is 7.00. The topological polar surface area (TPSA) is 64.3 Å². The summed E-state index contributed by atoms with van der Waals surface area (Å²) in [6.07, 6.45) is 0. The molecule has 1 amide bonds. The molecule has 2 rings (SSSR count).